The minimum atomic E-state index is -0.956. The smallest absolute Gasteiger partial charge is 0.259 e. The summed E-state index contributed by atoms with van der Waals surface area (Å²) in [6.07, 6.45) is 7.27. The number of nitrogens with one attached hydrogen (secondary N) is 4. The van der Waals surface area contributed by atoms with Crippen LogP contribution >= 0.6 is 47.1 Å². The number of thiazole rings is 2. The number of methoxy groups -OCH3 is 1. The van der Waals surface area contributed by atoms with E-state index in [2.05, 4.69) is 42.1 Å². The van der Waals surface area contributed by atoms with Gasteiger partial charge in [0.15, 0.2) is 10.2 Å². The molecule has 0 radical (unpaired) electrons. The number of nitriles is 1. The molecule has 4 fully saturated rings. The molecule has 134 heavy (non-hydrogen) atoms. The van der Waals surface area contributed by atoms with Crippen molar-refractivity contribution in [2.75, 3.05) is 106 Å². The van der Waals surface area contributed by atoms with E-state index in [1.165, 1.54) is 16.9 Å². The van der Waals surface area contributed by atoms with Crippen LogP contribution in [0, 0.1) is 54.4 Å². The Morgan fingerprint density at radius 2 is 0.985 bits per heavy atom. The normalized spacial score (nSPS) is 17.4. The van der Waals surface area contributed by atoms with Crippen molar-refractivity contribution in [2.45, 2.75) is 197 Å². The van der Waals surface area contributed by atoms with E-state index in [1.54, 1.807) is 74.4 Å². The topological polar surface area (TPSA) is 323 Å². The summed E-state index contributed by atoms with van der Waals surface area (Å²) in [6.45, 7) is 38.8. The Bertz CT molecular complexity index is 5510. The van der Waals surface area contributed by atoms with Gasteiger partial charge in [0.1, 0.15) is 65.7 Å². The van der Waals surface area contributed by atoms with E-state index in [0.29, 0.717) is 155 Å². The number of amides is 8. The fourth-order valence-corrected chi connectivity index (χ4v) is 18.9. The predicted molar refractivity (Wildman–Crippen MR) is 528 cm³/mol. The summed E-state index contributed by atoms with van der Waals surface area (Å²) in [6, 6.07) is 40.4. The number of anilines is 4. The van der Waals surface area contributed by atoms with Crippen LogP contribution in [0.15, 0.2) is 151 Å². The zero-order valence-corrected chi connectivity index (χ0v) is 82.4. The quantitative estimate of drug-likeness (QED) is 0.0157. The molecule has 0 spiro atoms. The molecule has 6 heterocycles. The lowest BCUT2D eigenvalue weighted by Crippen LogP contribution is -2.58. The molecule has 0 saturated carbocycles. The van der Waals surface area contributed by atoms with Gasteiger partial charge in [0, 0.05) is 83.4 Å². The summed E-state index contributed by atoms with van der Waals surface area (Å²) in [7, 11) is 1.48. The van der Waals surface area contributed by atoms with Crippen LogP contribution in [0.3, 0.4) is 0 Å². The predicted octanol–water partition coefficient (Wildman–Crippen LogP) is 15.8. The molecule has 8 amide bonds. The lowest BCUT2D eigenvalue weighted by molar-refractivity contribution is -0.144. The van der Waals surface area contributed by atoms with Crippen molar-refractivity contribution in [3.05, 3.63) is 190 Å². The number of aryl methyl sites for hydroxylation is 2. The average molecular weight is 1900 g/mol. The maximum Gasteiger partial charge on any atom is 0.259 e. The van der Waals surface area contributed by atoms with Gasteiger partial charge in [0.25, 0.3) is 11.8 Å². The molecule has 6 aromatic carbocycles. The van der Waals surface area contributed by atoms with Gasteiger partial charge in [-0.2, -0.15) is 5.26 Å². The monoisotopic (exact) mass is 1900 g/mol. The van der Waals surface area contributed by atoms with Gasteiger partial charge < -0.3 is 74.0 Å². The number of ether oxygens (including phenoxy) is 7. The van der Waals surface area contributed by atoms with Crippen LogP contribution in [-0.2, 0) is 70.4 Å². The number of nitrogens with zero attached hydrogens (tertiary/aromatic N) is 10. The third-order valence-corrected chi connectivity index (χ3v) is 26.3. The lowest BCUT2D eigenvalue weighted by Gasteiger charge is -2.35. The van der Waals surface area contributed by atoms with Gasteiger partial charge in [0.05, 0.1) is 76.4 Å². The van der Waals surface area contributed by atoms with Gasteiger partial charge in [-0.25, -0.2) is 9.83 Å². The molecule has 6 atom stereocenters. The largest absolute Gasteiger partial charge is 0.508 e. The molecule has 4 saturated heterocycles. The summed E-state index contributed by atoms with van der Waals surface area (Å²) < 4.78 is 40.2. The van der Waals surface area contributed by atoms with Crippen molar-refractivity contribution < 1.29 is 71.5 Å². The lowest BCUT2D eigenvalue weighted by atomic mass is 9.85. The Labute approximate surface area is 805 Å². The van der Waals surface area contributed by atoms with Crippen molar-refractivity contribution in [2.24, 2.45) is 22.7 Å². The summed E-state index contributed by atoms with van der Waals surface area (Å²) >= 11 is 14.8. The van der Waals surface area contributed by atoms with E-state index in [0.717, 1.165) is 80.3 Å². The average Bonchev–Trinajstić information content (AvgIpc) is 1.59. The van der Waals surface area contributed by atoms with E-state index >= 15 is 0 Å². The van der Waals surface area contributed by atoms with Gasteiger partial charge in [-0.05, 0) is 247 Å². The van der Waals surface area contributed by atoms with Crippen LogP contribution < -0.4 is 55.1 Å². The van der Waals surface area contributed by atoms with Gasteiger partial charge in [-0.3, -0.25) is 53.1 Å². The van der Waals surface area contributed by atoms with Gasteiger partial charge in [-0.1, -0.05) is 110 Å². The Balaban J connectivity index is 0.000000258. The minimum absolute atomic E-state index is 0.129. The maximum atomic E-state index is 14.1. The fraction of sp³-hybridized carbons (Fsp3) is 0.465. The summed E-state index contributed by atoms with van der Waals surface area (Å²) in [5.74, 6) is -0.0924. The molecule has 12 rings (SSSR count). The first-order valence-electron chi connectivity index (χ1n) is 45.4. The van der Waals surface area contributed by atoms with E-state index in [9.17, 15) is 43.6 Å². The summed E-state index contributed by atoms with van der Waals surface area (Å²) in [5.41, 5.74) is 9.92. The molecule has 0 aliphatic carbocycles. The molecule has 4 aliphatic rings. The van der Waals surface area contributed by atoms with Crippen molar-refractivity contribution in [1.29, 1.82) is 5.26 Å². The van der Waals surface area contributed by atoms with Gasteiger partial charge in [-0.15, -0.1) is 22.7 Å². The molecule has 2 aromatic heterocycles. The number of rotatable bonds is 41. The van der Waals surface area contributed by atoms with E-state index in [4.69, 9.17) is 64.2 Å². The minimum Gasteiger partial charge on any atom is -0.508 e. The van der Waals surface area contributed by atoms with Crippen molar-refractivity contribution in [1.82, 2.24) is 41.0 Å². The molecular weight excluding hydrogens is 1780 g/mol. The SMILES string of the molecule is Cc1cc(N2C(=O)C(C)(C)N(c3ccc(OCCCCOCCCOCC(=O)N[C@H](C(=O)N4C[C@H](C)C[C@H]4C(=O)NCc4ccc(-c5cncs5)cc4)C(C)(C)C)cc3)C2=S)ccc1C#N.[C-]#[N+]c1ccc(N2C(=O)C(C)(C)N(c3ccc(OCCCCOCCCOCC(=O)N[C@H](C(=O)N4C[C@H](C)C[C@H]4C(=O)NCc4ccc(-c5scnc5C)cc4)C(C)(C)C)cc3)C2=S)cc1OC. The maximum absolute atomic E-state index is 14.1. The molecule has 712 valence electrons. The first-order chi connectivity index (χ1) is 63.9. The van der Waals surface area contributed by atoms with Crippen molar-refractivity contribution in [3.63, 3.8) is 0 Å². The molecule has 33 heteroatoms. The third kappa shape index (κ3) is 26.3. The first kappa shape index (κ1) is 103. The number of likely N-dealkylation sites (tertiary alicyclic amines) is 2. The van der Waals surface area contributed by atoms with Crippen LogP contribution in [0.2, 0.25) is 0 Å². The van der Waals surface area contributed by atoms with Crippen molar-refractivity contribution >= 4 is 133 Å². The Hall–Kier alpha value is -11.7. The highest BCUT2D eigenvalue weighted by atomic mass is 32.1. The first-order valence-corrected chi connectivity index (χ1v) is 47.9. The molecule has 8 aromatic rings. The molecule has 0 bridgehead atoms. The molecule has 4 N–H and O–H groups in total. The Kier molecular flexibility index (Phi) is 36.1. The number of hydrogen-bond acceptors (Lipinski definition) is 22. The molecule has 29 nitrogen and oxygen atoms in total. The molecular formula is C101H124N14O15S4. The van der Waals surface area contributed by atoms with Crippen LogP contribution in [0.5, 0.6) is 17.2 Å². The number of hydrogen-bond donors (Lipinski definition) is 4. The van der Waals surface area contributed by atoms with E-state index in [-0.39, 0.29) is 60.5 Å². The number of benzene rings is 6. The number of carbonyl (C=O) groups excluding carboxylic acids is 8. The van der Waals surface area contributed by atoms with Crippen LogP contribution in [-0.4, -0.2) is 199 Å². The second-order valence-corrected chi connectivity index (χ2v) is 39.7. The highest BCUT2D eigenvalue weighted by Gasteiger charge is 2.53. The van der Waals surface area contributed by atoms with E-state index < -0.39 is 57.9 Å². The number of aromatic nitrogens is 2. The zero-order chi connectivity index (χ0) is 96.8. The molecule has 0 unspecified atom stereocenters. The highest BCUT2D eigenvalue weighted by Crippen LogP contribution is 2.43. The third-order valence-electron chi connectivity index (χ3n) is 23.8. The number of carbonyl (C=O) groups is 8. The van der Waals surface area contributed by atoms with Crippen LogP contribution in [0.4, 0.5) is 28.4 Å². The standard InChI is InChI=1S/C51H63N7O8S2.C50H61N7O7S2/c1-33-27-41(46(60)53-29-35-13-15-36(16-14-35)44-34(2)54-32-68-44)56(30-33)47(61)45(50(3,4)5)55-43(59)31-65-25-12-24-64-23-10-11-26-66-39-20-17-37(18-21-39)58-49(67)57(48(62)51(58,6)7)38-19-22-40(52-8)42(28-38)63-9;1-33-25-41(45(59)53-28-35-11-13-36(14-12-35)42-29-52-32-66-42)55(30-33)46(60)44(49(3,4)5)54-43(58)31-63-23-10-22-62-21-8-9-24-64-40-19-17-38(18-20-40)57-48(65)56(47(61)50(57,6)7)39-16-15-37(27-51)34(2)26-39/h13-22,28,32-33,41,45H,10-12,23-27,29-31H2,1-7,9H3,(H,53,60)(H,55,59);11-20,26,29,32-33,41,44H,8-10,21-25,28,30-31H2,1-7H3,(H,53,59)(H,54,58)/t33-,41+,45-;33-,41+,44-/m11/s1. The second kappa shape index (κ2) is 47.0. The van der Waals surface area contributed by atoms with Crippen LogP contribution in [0.25, 0.3) is 25.7 Å². The van der Waals surface area contributed by atoms with Crippen molar-refractivity contribution in [3.8, 4) is 44.2 Å². The van der Waals surface area contributed by atoms with E-state index in [1.807, 2.05) is 216 Å². The Morgan fingerprint density at radius 3 is 1.40 bits per heavy atom. The number of unbranched alkanes of at least 4 members (excludes halogenated alkanes) is 2. The van der Waals surface area contributed by atoms with Gasteiger partial charge >= 0.3 is 0 Å². The fourth-order valence-electron chi connectivity index (χ4n) is 16.4. The molecule has 4 aliphatic heterocycles. The van der Waals surface area contributed by atoms with Gasteiger partial charge in [0.2, 0.25) is 41.1 Å². The zero-order valence-electron chi connectivity index (χ0n) is 79.2. The van der Waals surface area contributed by atoms with Crippen LogP contribution in [0.1, 0.15) is 162 Å². The Morgan fingerprint density at radius 1 is 0.560 bits per heavy atom. The summed E-state index contributed by atoms with van der Waals surface area (Å²) in [5, 5.41) is 21.9. The summed E-state index contributed by atoms with van der Waals surface area (Å²) in [4.78, 5) is 132. The second-order valence-electron chi connectivity index (χ2n) is 37.2. The highest BCUT2D eigenvalue weighted by molar-refractivity contribution is 7.81. The number of thiocarbonyl (C=S) groups is 2.